The molecule has 84 valence electrons. The van der Waals surface area contributed by atoms with Gasteiger partial charge in [-0.15, -0.1) is 6.42 Å². The molecular weight excluding hydrogens is 261 g/mol. The standard InChI is InChI=1S/C11H5Cl2N3O/c1-2-7-4-3-5-8(6-7)17-11-15-9(12)14-10(13)16-11/h1,3-6H. The van der Waals surface area contributed by atoms with Gasteiger partial charge in [0.1, 0.15) is 5.75 Å². The first-order valence-electron chi connectivity index (χ1n) is 4.49. The Morgan fingerprint density at radius 1 is 1.12 bits per heavy atom. The summed E-state index contributed by atoms with van der Waals surface area (Å²) in [7, 11) is 0. The van der Waals surface area contributed by atoms with Gasteiger partial charge in [0.15, 0.2) is 0 Å². The number of terminal acetylenes is 1. The minimum atomic E-state index is -0.0342. The highest BCUT2D eigenvalue weighted by Crippen LogP contribution is 2.20. The summed E-state index contributed by atoms with van der Waals surface area (Å²) < 4.78 is 5.36. The molecule has 17 heavy (non-hydrogen) atoms. The minimum Gasteiger partial charge on any atom is -0.424 e. The zero-order chi connectivity index (χ0) is 12.3. The van der Waals surface area contributed by atoms with Crippen molar-refractivity contribution in [3.8, 4) is 24.1 Å². The lowest BCUT2D eigenvalue weighted by molar-refractivity contribution is 0.439. The van der Waals surface area contributed by atoms with Crippen LogP contribution in [0.5, 0.6) is 11.8 Å². The van der Waals surface area contributed by atoms with Crippen LogP contribution >= 0.6 is 23.2 Å². The first-order valence-corrected chi connectivity index (χ1v) is 5.24. The Labute approximate surface area is 108 Å². The van der Waals surface area contributed by atoms with Crippen molar-refractivity contribution in [2.24, 2.45) is 0 Å². The van der Waals surface area contributed by atoms with E-state index in [-0.39, 0.29) is 16.6 Å². The molecule has 1 aromatic heterocycles. The van der Waals surface area contributed by atoms with E-state index in [4.69, 9.17) is 34.4 Å². The largest absolute Gasteiger partial charge is 0.424 e. The number of aromatic nitrogens is 3. The van der Waals surface area contributed by atoms with E-state index in [1.54, 1.807) is 24.3 Å². The van der Waals surface area contributed by atoms with E-state index in [1.807, 2.05) is 0 Å². The van der Waals surface area contributed by atoms with Crippen molar-refractivity contribution in [2.45, 2.75) is 0 Å². The summed E-state index contributed by atoms with van der Waals surface area (Å²) in [5, 5.41) is -0.0683. The summed E-state index contributed by atoms with van der Waals surface area (Å²) in [5.74, 6) is 2.99. The molecule has 0 fully saturated rings. The Kier molecular flexibility index (Phi) is 3.43. The van der Waals surface area contributed by atoms with Crippen LogP contribution in [0.4, 0.5) is 0 Å². The van der Waals surface area contributed by atoms with Gasteiger partial charge in [0.25, 0.3) is 0 Å². The van der Waals surface area contributed by atoms with Gasteiger partial charge in [-0.3, -0.25) is 0 Å². The Balaban J connectivity index is 2.28. The first-order chi connectivity index (χ1) is 8.17. The Bertz CT molecular complexity index is 575. The van der Waals surface area contributed by atoms with Crippen LogP contribution < -0.4 is 4.74 Å². The average Bonchev–Trinajstić information content (AvgIpc) is 2.28. The number of benzene rings is 1. The smallest absolute Gasteiger partial charge is 0.327 e. The van der Waals surface area contributed by atoms with Crippen LogP contribution in [0.2, 0.25) is 10.6 Å². The second-order valence-corrected chi connectivity index (χ2v) is 3.61. The van der Waals surface area contributed by atoms with E-state index in [2.05, 4.69) is 20.9 Å². The zero-order valence-electron chi connectivity index (χ0n) is 8.39. The van der Waals surface area contributed by atoms with E-state index in [1.165, 1.54) is 0 Å². The molecular formula is C11H5Cl2N3O. The molecule has 0 radical (unpaired) electrons. The van der Waals surface area contributed by atoms with Gasteiger partial charge in [-0.05, 0) is 41.4 Å². The molecule has 2 aromatic rings. The SMILES string of the molecule is C#Cc1cccc(Oc2nc(Cl)nc(Cl)n2)c1. The Hall–Kier alpha value is -1.83. The van der Waals surface area contributed by atoms with Crippen LogP contribution in [0, 0.1) is 12.3 Å². The van der Waals surface area contributed by atoms with Gasteiger partial charge < -0.3 is 4.74 Å². The van der Waals surface area contributed by atoms with Gasteiger partial charge in [-0.25, -0.2) is 0 Å². The highest BCUT2D eigenvalue weighted by Gasteiger charge is 2.05. The van der Waals surface area contributed by atoms with Crippen LogP contribution in [0.1, 0.15) is 5.56 Å². The second kappa shape index (κ2) is 5.00. The van der Waals surface area contributed by atoms with E-state index in [0.717, 1.165) is 0 Å². The highest BCUT2D eigenvalue weighted by molar-refractivity contribution is 6.31. The van der Waals surface area contributed by atoms with E-state index in [9.17, 15) is 0 Å². The fraction of sp³-hybridized carbons (Fsp3) is 0. The molecule has 6 heteroatoms. The highest BCUT2D eigenvalue weighted by atomic mass is 35.5. The van der Waals surface area contributed by atoms with Crippen LogP contribution in [-0.4, -0.2) is 15.0 Å². The molecule has 0 spiro atoms. The van der Waals surface area contributed by atoms with Crippen molar-refractivity contribution in [3.05, 3.63) is 40.4 Å². The first kappa shape index (κ1) is 11.6. The number of ether oxygens (including phenoxy) is 1. The molecule has 0 saturated carbocycles. The molecule has 0 amide bonds. The third-order valence-corrected chi connectivity index (χ3v) is 2.11. The number of halogens is 2. The summed E-state index contributed by atoms with van der Waals surface area (Å²) in [6, 6.07) is 6.94. The van der Waals surface area contributed by atoms with Gasteiger partial charge in [-0.1, -0.05) is 12.0 Å². The number of rotatable bonds is 2. The van der Waals surface area contributed by atoms with Gasteiger partial charge >= 0.3 is 6.01 Å². The van der Waals surface area contributed by atoms with Crippen molar-refractivity contribution < 1.29 is 4.74 Å². The lowest BCUT2D eigenvalue weighted by atomic mass is 10.2. The topological polar surface area (TPSA) is 47.9 Å². The van der Waals surface area contributed by atoms with Crippen molar-refractivity contribution in [1.82, 2.24) is 15.0 Å². The van der Waals surface area contributed by atoms with E-state index in [0.29, 0.717) is 11.3 Å². The summed E-state index contributed by atoms with van der Waals surface area (Å²) in [6.45, 7) is 0. The zero-order valence-corrected chi connectivity index (χ0v) is 9.90. The summed E-state index contributed by atoms with van der Waals surface area (Å²) in [5.41, 5.74) is 0.689. The van der Waals surface area contributed by atoms with E-state index >= 15 is 0 Å². The number of hydrogen-bond acceptors (Lipinski definition) is 4. The third kappa shape index (κ3) is 3.06. The fourth-order valence-electron chi connectivity index (χ4n) is 1.11. The quantitative estimate of drug-likeness (QED) is 0.784. The Morgan fingerprint density at radius 3 is 2.47 bits per heavy atom. The van der Waals surface area contributed by atoms with Crippen LogP contribution in [-0.2, 0) is 0 Å². The maximum Gasteiger partial charge on any atom is 0.327 e. The molecule has 0 unspecified atom stereocenters. The molecule has 2 rings (SSSR count). The van der Waals surface area contributed by atoms with Gasteiger partial charge in [0, 0.05) is 5.56 Å². The summed E-state index contributed by atoms with van der Waals surface area (Å²) >= 11 is 11.2. The normalized spacial score (nSPS) is 9.71. The van der Waals surface area contributed by atoms with Crippen molar-refractivity contribution >= 4 is 23.2 Å². The molecule has 1 heterocycles. The van der Waals surface area contributed by atoms with Gasteiger partial charge in [0.05, 0.1) is 0 Å². The lowest BCUT2D eigenvalue weighted by Gasteiger charge is -2.03. The molecule has 1 aromatic carbocycles. The summed E-state index contributed by atoms with van der Waals surface area (Å²) in [6.07, 6.45) is 5.27. The molecule has 0 N–H and O–H groups in total. The monoisotopic (exact) mass is 265 g/mol. The van der Waals surface area contributed by atoms with Crippen molar-refractivity contribution in [3.63, 3.8) is 0 Å². The molecule has 0 saturated heterocycles. The molecule has 0 aliphatic heterocycles. The molecule has 4 nitrogen and oxygen atoms in total. The molecule has 0 atom stereocenters. The summed E-state index contributed by atoms with van der Waals surface area (Å²) in [4.78, 5) is 11.1. The average molecular weight is 266 g/mol. The predicted molar refractivity (Wildman–Crippen MR) is 64.3 cm³/mol. The number of nitrogens with zero attached hydrogens (tertiary/aromatic N) is 3. The van der Waals surface area contributed by atoms with Gasteiger partial charge in [-0.2, -0.15) is 15.0 Å². The molecule has 0 aliphatic rings. The lowest BCUT2D eigenvalue weighted by Crippen LogP contribution is -1.95. The van der Waals surface area contributed by atoms with E-state index < -0.39 is 0 Å². The van der Waals surface area contributed by atoms with Crippen molar-refractivity contribution in [2.75, 3.05) is 0 Å². The fourth-order valence-corrected chi connectivity index (χ4v) is 1.46. The third-order valence-electron chi connectivity index (χ3n) is 1.77. The second-order valence-electron chi connectivity index (χ2n) is 2.93. The van der Waals surface area contributed by atoms with Crippen LogP contribution in [0.15, 0.2) is 24.3 Å². The van der Waals surface area contributed by atoms with Crippen molar-refractivity contribution in [1.29, 1.82) is 0 Å². The number of hydrogen-bond donors (Lipinski definition) is 0. The maximum absolute atomic E-state index is 5.62. The molecule has 0 aliphatic carbocycles. The van der Waals surface area contributed by atoms with Crippen LogP contribution in [0.3, 0.4) is 0 Å². The van der Waals surface area contributed by atoms with Crippen LogP contribution in [0.25, 0.3) is 0 Å². The minimum absolute atomic E-state index is 0.0178. The Morgan fingerprint density at radius 2 is 1.82 bits per heavy atom. The maximum atomic E-state index is 5.62. The van der Waals surface area contributed by atoms with Gasteiger partial charge in [0.2, 0.25) is 10.6 Å². The predicted octanol–water partition coefficient (Wildman–Crippen LogP) is 2.95. The molecule has 0 bridgehead atoms.